The maximum absolute atomic E-state index is 13.1. The maximum atomic E-state index is 13.1. The molecule has 8 nitrogen and oxygen atoms in total. The van der Waals surface area contributed by atoms with E-state index in [0.29, 0.717) is 23.8 Å². The van der Waals surface area contributed by atoms with E-state index in [1.54, 1.807) is 6.08 Å². The summed E-state index contributed by atoms with van der Waals surface area (Å²) < 4.78 is 7.48. The number of carbonyl (C=O) groups excluding carboxylic acids is 3. The van der Waals surface area contributed by atoms with Crippen molar-refractivity contribution in [2.45, 2.75) is 6.92 Å². The Kier molecular flexibility index (Phi) is 6.36. The molecule has 2 fully saturated rings. The molecular formula is C26H26N4O4S. The first-order chi connectivity index (χ1) is 16.9. The first-order valence-corrected chi connectivity index (χ1v) is 12.3. The third-order valence-corrected chi connectivity index (χ3v) is 7.34. The first-order valence-electron chi connectivity index (χ1n) is 11.4. The van der Waals surface area contributed by atoms with E-state index in [-0.39, 0.29) is 6.54 Å². The van der Waals surface area contributed by atoms with Gasteiger partial charge < -0.3 is 19.5 Å². The highest BCUT2D eigenvalue weighted by atomic mass is 32.2. The minimum absolute atomic E-state index is 0.316. The van der Waals surface area contributed by atoms with Gasteiger partial charge in [0.15, 0.2) is 0 Å². The number of benzene rings is 2. The molecule has 0 saturated carbocycles. The van der Waals surface area contributed by atoms with Gasteiger partial charge in [0.05, 0.1) is 29.5 Å². The van der Waals surface area contributed by atoms with E-state index in [9.17, 15) is 14.4 Å². The van der Waals surface area contributed by atoms with E-state index in [0.717, 1.165) is 57.6 Å². The summed E-state index contributed by atoms with van der Waals surface area (Å²) >= 11 is 0.864. The number of anilines is 2. The number of thioether (sulfide) groups is 1. The minimum atomic E-state index is -0.455. The largest absolute Gasteiger partial charge is 0.378 e. The molecule has 3 amide bonds. The SMILES string of the molecule is Cc1c(/C=C2\SC(=O)N(CC(=O)Nc3ccccc3N3CCOCC3)C2=O)c2ccccc2n1C. The summed E-state index contributed by atoms with van der Waals surface area (Å²) in [6.45, 7) is 4.36. The predicted octanol–water partition coefficient (Wildman–Crippen LogP) is 4.00. The second kappa shape index (κ2) is 9.59. The lowest BCUT2D eigenvalue weighted by molar-refractivity contribution is -0.127. The van der Waals surface area contributed by atoms with Crippen LogP contribution >= 0.6 is 11.8 Å². The maximum Gasteiger partial charge on any atom is 0.294 e. The Balaban J connectivity index is 1.33. The molecule has 0 atom stereocenters. The van der Waals surface area contributed by atoms with Crippen molar-refractivity contribution >= 4 is 57.2 Å². The third kappa shape index (κ3) is 4.44. The lowest BCUT2D eigenvalue weighted by atomic mass is 10.1. The number of imide groups is 1. The van der Waals surface area contributed by atoms with Crippen molar-refractivity contribution < 1.29 is 19.1 Å². The molecule has 3 heterocycles. The Morgan fingerprint density at radius 3 is 2.60 bits per heavy atom. The van der Waals surface area contributed by atoms with Gasteiger partial charge >= 0.3 is 0 Å². The van der Waals surface area contributed by atoms with Crippen molar-refractivity contribution in [2.75, 3.05) is 43.1 Å². The smallest absolute Gasteiger partial charge is 0.294 e. The number of aryl methyl sites for hydroxylation is 1. The molecular weight excluding hydrogens is 464 g/mol. The van der Waals surface area contributed by atoms with Crippen LogP contribution in [0.2, 0.25) is 0 Å². The normalized spacial score (nSPS) is 17.6. The van der Waals surface area contributed by atoms with Gasteiger partial charge in [0.1, 0.15) is 6.54 Å². The Hall–Kier alpha value is -3.56. The molecule has 2 saturated heterocycles. The number of amides is 3. The zero-order chi connectivity index (χ0) is 24.5. The average Bonchev–Trinajstić information content (AvgIpc) is 3.27. The van der Waals surface area contributed by atoms with Crippen molar-refractivity contribution in [3.63, 3.8) is 0 Å². The van der Waals surface area contributed by atoms with E-state index in [4.69, 9.17) is 4.74 Å². The van der Waals surface area contributed by atoms with Crippen LogP contribution in [-0.4, -0.2) is 59.4 Å². The van der Waals surface area contributed by atoms with Gasteiger partial charge in [0.25, 0.3) is 11.1 Å². The summed E-state index contributed by atoms with van der Waals surface area (Å²) in [5, 5.41) is 3.44. The summed E-state index contributed by atoms with van der Waals surface area (Å²) in [7, 11) is 1.97. The van der Waals surface area contributed by atoms with Crippen molar-refractivity contribution in [1.29, 1.82) is 0 Å². The van der Waals surface area contributed by atoms with Gasteiger partial charge in [-0.3, -0.25) is 19.3 Å². The molecule has 9 heteroatoms. The average molecular weight is 491 g/mol. The first kappa shape index (κ1) is 23.2. The molecule has 1 aromatic heterocycles. The highest BCUT2D eigenvalue weighted by Gasteiger charge is 2.36. The highest BCUT2D eigenvalue weighted by molar-refractivity contribution is 8.18. The van der Waals surface area contributed by atoms with E-state index >= 15 is 0 Å². The summed E-state index contributed by atoms with van der Waals surface area (Å²) in [4.78, 5) is 42.1. The predicted molar refractivity (Wildman–Crippen MR) is 138 cm³/mol. The van der Waals surface area contributed by atoms with Gasteiger partial charge in [-0.1, -0.05) is 30.3 Å². The van der Waals surface area contributed by atoms with Crippen molar-refractivity contribution in [2.24, 2.45) is 7.05 Å². The highest BCUT2D eigenvalue weighted by Crippen LogP contribution is 2.35. The Bertz CT molecular complexity index is 1360. The number of ether oxygens (including phenoxy) is 1. The molecule has 180 valence electrons. The minimum Gasteiger partial charge on any atom is -0.378 e. The molecule has 2 aliphatic heterocycles. The quantitative estimate of drug-likeness (QED) is 0.545. The molecule has 2 aromatic carbocycles. The van der Waals surface area contributed by atoms with Gasteiger partial charge in [-0.25, -0.2) is 0 Å². The number of aromatic nitrogens is 1. The van der Waals surface area contributed by atoms with E-state index in [1.807, 2.05) is 62.5 Å². The van der Waals surface area contributed by atoms with Crippen LogP contribution in [0, 0.1) is 6.92 Å². The van der Waals surface area contributed by atoms with E-state index in [1.165, 1.54) is 0 Å². The number of hydrogen-bond donors (Lipinski definition) is 1. The second-order valence-corrected chi connectivity index (χ2v) is 9.50. The molecule has 35 heavy (non-hydrogen) atoms. The van der Waals surface area contributed by atoms with Crippen molar-refractivity contribution in [3.8, 4) is 0 Å². The van der Waals surface area contributed by atoms with Crippen LogP contribution in [0.15, 0.2) is 53.4 Å². The number of nitrogens with zero attached hydrogens (tertiary/aromatic N) is 3. The Labute approximate surface area is 207 Å². The molecule has 1 N–H and O–H groups in total. The van der Waals surface area contributed by atoms with Crippen LogP contribution in [0.5, 0.6) is 0 Å². The Morgan fingerprint density at radius 1 is 1.09 bits per heavy atom. The zero-order valence-corrected chi connectivity index (χ0v) is 20.4. The fourth-order valence-electron chi connectivity index (χ4n) is 4.49. The van der Waals surface area contributed by atoms with Crippen LogP contribution in [-0.2, 0) is 21.4 Å². The summed E-state index contributed by atoms with van der Waals surface area (Å²) in [5.41, 5.74) is 4.49. The third-order valence-electron chi connectivity index (χ3n) is 6.43. The lowest BCUT2D eigenvalue weighted by Crippen LogP contribution is -2.38. The van der Waals surface area contributed by atoms with Crippen molar-refractivity contribution in [3.05, 3.63) is 64.7 Å². The monoisotopic (exact) mass is 490 g/mol. The van der Waals surface area contributed by atoms with Crippen LogP contribution in [0.4, 0.5) is 16.2 Å². The molecule has 5 rings (SSSR count). The van der Waals surface area contributed by atoms with Gasteiger partial charge in [0, 0.05) is 42.3 Å². The van der Waals surface area contributed by atoms with Crippen LogP contribution in [0.1, 0.15) is 11.3 Å². The summed E-state index contributed by atoms with van der Waals surface area (Å²) in [6, 6.07) is 15.4. The van der Waals surface area contributed by atoms with Gasteiger partial charge in [-0.2, -0.15) is 0 Å². The van der Waals surface area contributed by atoms with Crippen LogP contribution in [0.3, 0.4) is 0 Å². The molecule has 0 bridgehead atoms. The lowest BCUT2D eigenvalue weighted by Gasteiger charge is -2.30. The molecule has 2 aliphatic rings. The number of morpholine rings is 1. The molecule has 3 aromatic rings. The van der Waals surface area contributed by atoms with Gasteiger partial charge in [-0.15, -0.1) is 0 Å². The molecule has 0 spiro atoms. The van der Waals surface area contributed by atoms with Crippen LogP contribution in [0.25, 0.3) is 17.0 Å². The second-order valence-electron chi connectivity index (χ2n) is 8.51. The fraction of sp³-hybridized carbons (Fsp3) is 0.269. The van der Waals surface area contributed by atoms with E-state index < -0.39 is 17.1 Å². The molecule has 0 aliphatic carbocycles. The fourth-order valence-corrected chi connectivity index (χ4v) is 5.31. The zero-order valence-electron chi connectivity index (χ0n) is 19.6. The number of carbonyl (C=O) groups is 3. The number of para-hydroxylation sites is 3. The van der Waals surface area contributed by atoms with Crippen molar-refractivity contribution in [1.82, 2.24) is 9.47 Å². The topological polar surface area (TPSA) is 83.9 Å². The van der Waals surface area contributed by atoms with Gasteiger partial charge in [-0.05, 0) is 43.0 Å². The summed E-state index contributed by atoms with van der Waals surface area (Å²) in [5.74, 6) is -0.875. The Morgan fingerprint density at radius 2 is 1.80 bits per heavy atom. The summed E-state index contributed by atoms with van der Waals surface area (Å²) in [6.07, 6.45) is 1.76. The van der Waals surface area contributed by atoms with Gasteiger partial charge in [0.2, 0.25) is 5.91 Å². The van der Waals surface area contributed by atoms with E-state index in [2.05, 4.69) is 14.8 Å². The number of nitrogens with one attached hydrogen (secondary N) is 1. The number of hydrogen-bond acceptors (Lipinski definition) is 6. The molecule has 0 unspecified atom stereocenters. The van der Waals surface area contributed by atoms with Crippen LogP contribution < -0.4 is 10.2 Å². The number of fused-ring (bicyclic) bond motifs is 1. The standard InChI is InChI=1S/C26H26N4O4S/c1-17-19(18-7-3-5-9-21(18)28(17)2)15-23-25(32)30(26(33)35-23)16-24(31)27-20-8-4-6-10-22(20)29-11-13-34-14-12-29/h3-10,15H,11-14,16H2,1-2H3,(H,27,31)/b23-15-. The number of rotatable bonds is 5. The molecule has 0 radical (unpaired) electrons.